The lowest BCUT2D eigenvalue weighted by Crippen LogP contribution is -2.38. The molecular formula is C22H24N4O2S. The molecule has 4 rings (SSSR count). The van der Waals surface area contributed by atoms with Gasteiger partial charge in [0.25, 0.3) is 0 Å². The number of hydrogen-bond acceptors (Lipinski definition) is 6. The van der Waals surface area contributed by atoms with E-state index in [9.17, 15) is 4.79 Å². The van der Waals surface area contributed by atoms with Crippen LogP contribution in [0.1, 0.15) is 35.0 Å². The number of piperidine rings is 1. The number of aromatic nitrogens is 3. The standard InChI is InChI=1S/C22H24N4O2S/c1-15-21(19-6-9-23-14-24-19)29-22(25-15)17-7-10-26(11-8-17)20(27)13-16-4-3-5-18(12-16)28-2/h3-6,9,12,14,17H,7-8,10-11,13H2,1-2H3. The molecule has 1 aliphatic rings. The molecule has 6 nitrogen and oxygen atoms in total. The third-order valence-corrected chi connectivity index (χ3v) is 6.66. The number of carbonyl (C=O) groups is 1. The number of carbonyl (C=O) groups excluding carboxylic acids is 1. The molecule has 150 valence electrons. The van der Waals surface area contributed by atoms with E-state index in [-0.39, 0.29) is 5.91 Å². The number of hydrogen-bond donors (Lipinski definition) is 0. The molecule has 3 aromatic rings. The Hall–Kier alpha value is -2.80. The molecule has 0 bridgehead atoms. The normalized spacial score (nSPS) is 14.8. The van der Waals surface area contributed by atoms with Crippen LogP contribution in [0.3, 0.4) is 0 Å². The molecular weight excluding hydrogens is 384 g/mol. The van der Waals surface area contributed by atoms with E-state index in [0.717, 1.165) is 58.5 Å². The third kappa shape index (κ3) is 4.45. The molecule has 7 heteroatoms. The molecule has 0 saturated carbocycles. The van der Waals surface area contributed by atoms with Gasteiger partial charge in [0.2, 0.25) is 5.91 Å². The highest BCUT2D eigenvalue weighted by Gasteiger charge is 2.26. The van der Waals surface area contributed by atoms with Crippen LogP contribution in [-0.2, 0) is 11.2 Å². The van der Waals surface area contributed by atoms with E-state index in [4.69, 9.17) is 9.72 Å². The monoisotopic (exact) mass is 408 g/mol. The fraction of sp³-hybridized carbons (Fsp3) is 0.364. The van der Waals surface area contributed by atoms with Gasteiger partial charge in [-0.1, -0.05) is 12.1 Å². The van der Waals surface area contributed by atoms with Crippen LogP contribution in [0, 0.1) is 6.92 Å². The van der Waals surface area contributed by atoms with Gasteiger partial charge in [-0.05, 0) is 43.5 Å². The zero-order valence-corrected chi connectivity index (χ0v) is 17.5. The van der Waals surface area contributed by atoms with Gasteiger partial charge >= 0.3 is 0 Å². The number of likely N-dealkylation sites (tertiary alicyclic amines) is 1. The van der Waals surface area contributed by atoms with Crippen molar-refractivity contribution in [3.8, 4) is 16.3 Å². The second-order valence-corrected chi connectivity index (χ2v) is 8.28. The van der Waals surface area contributed by atoms with Gasteiger partial charge in [0.15, 0.2) is 0 Å². The molecule has 3 heterocycles. The van der Waals surface area contributed by atoms with Crippen molar-refractivity contribution < 1.29 is 9.53 Å². The van der Waals surface area contributed by atoms with Crippen molar-refractivity contribution in [2.45, 2.75) is 32.1 Å². The lowest BCUT2D eigenvalue weighted by molar-refractivity contribution is -0.131. The molecule has 1 fully saturated rings. The van der Waals surface area contributed by atoms with Gasteiger partial charge in [-0.15, -0.1) is 11.3 Å². The molecule has 2 aromatic heterocycles. The van der Waals surface area contributed by atoms with Crippen molar-refractivity contribution in [2.24, 2.45) is 0 Å². The van der Waals surface area contributed by atoms with Crippen LogP contribution in [0.2, 0.25) is 0 Å². The molecule has 0 spiro atoms. The minimum atomic E-state index is 0.175. The van der Waals surface area contributed by atoms with Crippen LogP contribution in [0.5, 0.6) is 5.75 Å². The lowest BCUT2D eigenvalue weighted by Gasteiger charge is -2.31. The maximum atomic E-state index is 12.7. The molecule has 1 amide bonds. The SMILES string of the molecule is COc1cccc(CC(=O)N2CCC(c3nc(C)c(-c4ccncn4)s3)CC2)c1. The van der Waals surface area contributed by atoms with Gasteiger partial charge in [-0.25, -0.2) is 15.0 Å². The number of ether oxygens (including phenoxy) is 1. The molecule has 0 aliphatic carbocycles. The van der Waals surface area contributed by atoms with E-state index in [1.54, 1.807) is 31.0 Å². The fourth-order valence-corrected chi connectivity index (χ4v) is 4.91. The smallest absolute Gasteiger partial charge is 0.226 e. The first-order valence-corrected chi connectivity index (χ1v) is 10.6. The van der Waals surface area contributed by atoms with Crippen molar-refractivity contribution in [2.75, 3.05) is 20.2 Å². The van der Waals surface area contributed by atoms with Crippen molar-refractivity contribution in [1.82, 2.24) is 19.9 Å². The van der Waals surface area contributed by atoms with E-state index >= 15 is 0 Å². The van der Waals surface area contributed by atoms with Gasteiger partial charge < -0.3 is 9.64 Å². The average molecular weight is 409 g/mol. The maximum absolute atomic E-state index is 12.7. The Morgan fingerprint density at radius 2 is 2.10 bits per heavy atom. The van der Waals surface area contributed by atoms with E-state index in [1.807, 2.05) is 42.2 Å². The second kappa shape index (κ2) is 8.69. The summed E-state index contributed by atoms with van der Waals surface area (Å²) in [6, 6.07) is 9.64. The Kier molecular flexibility index (Phi) is 5.85. The molecule has 0 unspecified atom stereocenters. The molecule has 0 atom stereocenters. The van der Waals surface area contributed by atoms with Crippen molar-refractivity contribution in [3.05, 3.63) is 59.1 Å². The van der Waals surface area contributed by atoms with Crippen molar-refractivity contribution >= 4 is 17.2 Å². The van der Waals surface area contributed by atoms with Gasteiger partial charge in [0.05, 0.1) is 34.8 Å². The highest BCUT2D eigenvalue weighted by atomic mass is 32.1. The Labute approximate surface area is 174 Å². The summed E-state index contributed by atoms with van der Waals surface area (Å²) in [6.07, 6.45) is 5.63. The number of nitrogens with zero attached hydrogens (tertiary/aromatic N) is 4. The van der Waals surface area contributed by atoms with Gasteiger partial charge in [-0.3, -0.25) is 4.79 Å². The quantitative estimate of drug-likeness (QED) is 0.641. The summed E-state index contributed by atoms with van der Waals surface area (Å²) in [6.45, 7) is 3.58. The van der Waals surface area contributed by atoms with Crippen LogP contribution in [0.25, 0.3) is 10.6 Å². The molecule has 29 heavy (non-hydrogen) atoms. The molecule has 1 aliphatic heterocycles. The predicted octanol–water partition coefficient (Wildman–Crippen LogP) is 3.87. The first-order valence-electron chi connectivity index (χ1n) is 9.78. The van der Waals surface area contributed by atoms with E-state index in [2.05, 4.69) is 9.97 Å². The van der Waals surface area contributed by atoms with Gasteiger partial charge in [0.1, 0.15) is 12.1 Å². The second-order valence-electron chi connectivity index (χ2n) is 7.24. The minimum absolute atomic E-state index is 0.175. The van der Waals surface area contributed by atoms with Gasteiger partial charge in [0, 0.05) is 25.2 Å². The van der Waals surface area contributed by atoms with E-state index in [0.29, 0.717) is 12.3 Å². The maximum Gasteiger partial charge on any atom is 0.226 e. The molecule has 0 N–H and O–H groups in total. The van der Waals surface area contributed by atoms with Crippen molar-refractivity contribution in [1.29, 1.82) is 0 Å². The number of rotatable bonds is 5. The largest absolute Gasteiger partial charge is 0.497 e. The third-order valence-electron chi connectivity index (χ3n) is 5.31. The van der Waals surface area contributed by atoms with Crippen LogP contribution >= 0.6 is 11.3 Å². The van der Waals surface area contributed by atoms with E-state index < -0.39 is 0 Å². The number of benzene rings is 1. The topological polar surface area (TPSA) is 68.2 Å². The summed E-state index contributed by atoms with van der Waals surface area (Å²) in [5.74, 6) is 1.36. The summed E-state index contributed by atoms with van der Waals surface area (Å²) in [7, 11) is 1.64. The number of aryl methyl sites for hydroxylation is 1. The molecule has 1 saturated heterocycles. The summed E-state index contributed by atoms with van der Waals surface area (Å²) >= 11 is 1.72. The molecule has 0 radical (unpaired) electrons. The zero-order valence-electron chi connectivity index (χ0n) is 16.7. The predicted molar refractivity (Wildman–Crippen MR) is 113 cm³/mol. The average Bonchev–Trinajstić information content (AvgIpc) is 3.16. The Balaban J connectivity index is 1.37. The van der Waals surface area contributed by atoms with Crippen LogP contribution in [-0.4, -0.2) is 46.0 Å². The van der Waals surface area contributed by atoms with Crippen LogP contribution in [0.15, 0.2) is 42.9 Å². The Bertz CT molecular complexity index is 981. The summed E-state index contributed by atoms with van der Waals surface area (Å²) < 4.78 is 5.25. The van der Waals surface area contributed by atoms with Crippen LogP contribution < -0.4 is 4.74 Å². The Morgan fingerprint density at radius 1 is 1.28 bits per heavy atom. The summed E-state index contributed by atoms with van der Waals surface area (Å²) in [4.78, 5) is 28.9. The van der Waals surface area contributed by atoms with Crippen molar-refractivity contribution in [3.63, 3.8) is 0 Å². The first kappa shape index (κ1) is 19.5. The highest BCUT2D eigenvalue weighted by molar-refractivity contribution is 7.15. The lowest BCUT2D eigenvalue weighted by atomic mass is 9.97. The first-order chi connectivity index (χ1) is 14.1. The number of amides is 1. The fourth-order valence-electron chi connectivity index (χ4n) is 3.70. The van der Waals surface area contributed by atoms with Crippen LogP contribution in [0.4, 0.5) is 0 Å². The number of thiazole rings is 1. The molecule has 1 aromatic carbocycles. The zero-order chi connectivity index (χ0) is 20.2. The van der Waals surface area contributed by atoms with Gasteiger partial charge in [-0.2, -0.15) is 0 Å². The summed E-state index contributed by atoms with van der Waals surface area (Å²) in [5.41, 5.74) is 2.92. The summed E-state index contributed by atoms with van der Waals surface area (Å²) in [5, 5.41) is 1.15. The van der Waals surface area contributed by atoms with E-state index in [1.165, 1.54) is 0 Å². The highest BCUT2D eigenvalue weighted by Crippen LogP contribution is 2.36. The number of methoxy groups -OCH3 is 1. The Morgan fingerprint density at radius 3 is 2.83 bits per heavy atom. The minimum Gasteiger partial charge on any atom is -0.497 e.